The lowest BCUT2D eigenvalue weighted by Crippen LogP contribution is -2.54. The van der Waals surface area contributed by atoms with Gasteiger partial charge in [0, 0.05) is 6.20 Å². The fourth-order valence-corrected chi connectivity index (χ4v) is 2.75. The molecular formula is C13H15N3O2. The minimum atomic E-state index is -0.389. The summed E-state index contributed by atoms with van der Waals surface area (Å²) >= 11 is 0. The second-order valence-corrected chi connectivity index (χ2v) is 5.09. The first-order chi connectivity index (χ1) is 8.63. The maximum Gasteiger partial charge on any atom is 0.280 e. The highest BCUT2D eigenvalue weighted by atomic mass is 16.2. The summed E-state index contributed by atoms with van der Waals surface area (Å²) in [4.78, 5) is 30.1. The van der Waals surface area contributed by atoms with Gasteiger partial charge >= 0.3 is 0 Å². The zero-order valence-electron chi connectivity index (χ0n) is 10.3. The van der Waals surface area contributed by atoms with Gasteiger partial charge in [-0.15, -0.1) is 0 Å². The van der Waals surface area contributed by atoms with Crippen molar-refractivity contribution in [3.05, 3.63) is 29.6 Å². The quantitative estimate of drug-likeness (QED) is 0.744. The number of piperidine rings is 1. The molecule has 0 bridgehead atoms. The van der Waals surface area contributed by atoms with E-state index in [4.69, 9.17) is 0 Å². The molecule has 1 fully saturated rings. The number of rotatable bonds is 1. The summed E-state index contributed by atoms with van der Waals surface area (Å²) in [5.74, 6) is -0.451. The van der Waals surface area contributed by atoms with E-state index in [0.29, 0.717) is 11.3 Å². The number of fused-ring (bicyclic) bond motifs is 1. The third-order valence-corrected chi connectivity index (χ3v) is 3.87. The van der Waals surface area contributed by atoms with Crippen LogP contribution >= 0.6 is 0 Å². The van der Waals surface area contributed by atoms with Gasteiger partial charge in [0.05, 0.1) is 11.1 Å². The third-order valence-electron chi connectivity index (χ3n) is 3.87. The molecule has 5 nitrogen and oxygen atoms in total. The van der Waals surface area contributed by atoms with Crippen molar-refractivity contribution in [1.82, 2.24) is 15.2 Å². The molecule has 2 aliphatic heterocycles. The average Bonchev–Trinajstić information content (AvgIpc) is 2.64. The lowest BCUT2D eigenvalue weighted by atomic mass is 9.88. The molecule has 0 unspecified atom stereocenters. The van der Waals surface area contributed by atoms with Crippen molar-refractivity contribution in [3.63, 3.8) is 0 Å². The molecule has 94 valence electrons. The monoisotopic (exact) mass is 245 g/mol. The topological polar surface area (TPSA) is 62.3 Å². The number of pyridine rings is 1. The van der Waals surface area contributed by atoms with Gasteiger partial charge in [0.2, 0.25) is 0 Å². The predicted molar refractivity (Wildman–Crippen MR) is 65.2 cm³/mol. The van der Waals surface area contributed by atoms with Gasteiger partial charge in [-0.05, 0) is 45.0 Å². The molecule has 2 aliphatic rings. The molecule has 3 heterocycles. The van der Waals surface area contributed by atoms with Crippen LogP contribution in [0.1, 0.15) is 40.6 Å². The van der Waals surface area contributed by atoms with Crippen molar-refractivity contribution in [3.8, 4) is 0 Å². The first kappa shape index (κ1) is 11.3. The summed E-state index contributed by atoms with van der Waals surface area (Å²) in [6.45, 7) is 3.64. The molecule has 0 spiro atoms. The highest BCUT2D eigenvalue weighted by molar-refractivity contribution is 6.20. The molecule has 3 rings (SSSR count). The summed E-state index contributed by atoms with van der Waals surface area (Å²) in [6, 6.07) is 3.37. The van der Waals surface area contributed by atoms with Crippen LogP contribution in [0.4, 0.5) is 0 Å². The molecule has 1 N–H and O–H groups in total. The standard InChI is InChI=1S/C13H15N3O2/c1-13(4-7-14-8-5-13)16-11(17)9-3-2-6-15-10(9)12(16)18/h2-3,6,14H,4-5,7-8H2,1H3. The van der Waals surface area contributed by atoms with E-state index in [1.54, 1.807) is 18.3 Å². The van der Waals surface area contributed by atoms with E-state index < -0.39 is 0 Å². The molecule has 0 atom stereocenters. The summed E-state index contributed by atoms with van der Waals surface area (Å²) in [5.41, 5.74) is 0.338. The lowest BCUT2D eigenvalue weighted by Gasteiger charge is -2.40. The van der Waals surface area contributed by atoms with E-state index in [9.17, 15) is 9.59 Å². The van der Waals surface area contributed by atoms with Crippen LogP contribution in [0.5, 0.6) is 0 Å². The summed E-state index contributed by atoms with van der Waals surface area (Å²) in [7, 11) is 0. The summed E-state index contributed by atoms with van der Waals surface area (Å²) in [6.07, 6.45) is 3.13. The van der Waals surface area contributed by atoms with Crippen molar-refractivity contribution in [2.75, 3.05) is 13.1 Å². The number of amides is 2. The molecular weight excluding hydrogens is 230 g/mol. The van der Waals surface area contributed by atoms with E-state index in [0.717, 1.165) is 25.9 Å². The first-order valence-electron chi connectivity index (χ1n) is 6.18. The smallest absolute Gasteiger partial charge is 0.280 e. The number of aromatic nitrogens is 1. The number of carbonyl (C=O) groups excluding carboxylic acids is 2. The number of hydrogen-bond acceptors (Lipinski definition) is 4. The van der Waals surface area contributed by atoms with Gasteiger partial charge in [-0.2, -0.15) is 0 Å². The Morgan fingerprint density at radius 2 is 2.00 bits per heavy atom. The minimum absolute atomic E-state index is 0.201. The molecule has 18 heavy (non-hydrogen) atoms. The molecule has 0 radical (unpaired) electrons. The van der Waals surface area contributed by atoms with E-state index >= 15 is 0 Å². The summed E-state index contributed by atoms with van der Waals surface area (Å²) in [5, 5.41) is 3.25. The molecule has 0 saturated carbocycles. The van der Waals surface area contributed by atoms with Crippen molar-refractivity contribution in [2.45, 2.75) is 25.3 Å². The van der Waals surface area contributed by atoms with E-state index in [1.807, 2.05) is 6.92 Å². The van der Waals surface area contributed by atoms with Crippen LogP contribution in [0, 0.1) is 0 Å². The van der Waals surface area contributed by atoms with Gasteiger partial charge in [0.1, 0.15) is 5.69 Å². The van der Waals surface area contributed by atoms with Crippen LogP contribution < -0.4 is 5.32 Å². The highest BCUT2D eigenvalue weighted by Crippen LogP contribution is 2.33. The molecule has 1 aromatic rings. The predicted octanol–water partition coefficient (Wildman–Crippen LogP) is 0.820. The Labute approximate surface area is 105 Å². The maximum atomic E-state index is 12.4. The van der Waals surface area contributed by atoms with Crippen molar-refractivity contribution in [2.24, 2.45) is 0 Å². The second-order valence-electron chi connectivity index (χ2n) is 5.09. The third kappa shape index (κ3) is 1.47. The lowest BCUT2D eigenvalue weighted by molar-refractivity contribution is 0.0387. The van der Waals surface area contributed by atoms with Crippen LogP contribution in [-0.4, -0.2) is 40.3 Å². The van der Waals surface area contributed by atoms with Crippen LogP contribution in [0.2, 0.25) is 0 Å². The molecule has 1 saturated heterocycles. The van der Waals surface area contributed by atoms with Crippen LogP contribution in [0.3, 0.4) is 0 Å². The van der Waals surface area contributed by atoms with Gasteiger partial charge in [0.25, 0.3) is 11.8 Å². The number of nitrogens with one attached hydrogen (secondary N) is 1. The van der Waals surface area contributed by atoms with Crippen molar-refractivity contribution >= 4 is 11.8 Å². The van der Waals surface area contributed by atoms with Crippen molar-refractivity contribution < 1.29 is 9.59 Å². The second kappa shape index (κ2) is 3.88. The Bertz CT molecular complexity index is 486. The maximum absolute atomic E-state index is 12.4. The first-order valence-corrected chi connectivity index (χ1v) is 6.18. The Kier molecular flexibility index (Phi) is 2.45. The van der Waals surface area contributed by atoms with E-state index in [1.165, 1.54) is 4.90 Å². The Morgan fingerprint density at radius 1 is 1.28 bits per heavy atom. The van der Waals surface area contributed by atoms with Gasteiger partial charge in [0.15, 0.2) is 0 Å². The fourth-order valence-electron chi connectivity index (χ4n) is 2.75. The average molecular weight is 245 g/mol. The van der Waals surface area contributed by atoms with Gasteiger partial charge in [-0.25, -0.2) is 0 Å². The van der Waals surface area contributed by atoms with E-state index in [2.05, 4.69) is 10.3 Å². The molecule has 0 aliphatic carbocycles. The fraction of sp³-hybridized carbons (Fsp3) is 0.462. The highest BCUT2D eigenvalue weighted by Gasteiger charge is 2.47. The van der Waals surface area contributed by atoms with Gasteiger partial charge in [-0.1, -0.05) is 0 Å². The number of imide groups is 1. The zero-order chi connectivity index (χ0) is 12.8. The molecule has 1 aromatic heterocycles. The van der Waals surface area contributed by atoms with Crippen LogP contribution in [0.15, 0.2) is 18.3 Å². The Balaban J connectivity index is 2.01. The number of nitrogens with zero attached hydrogens (tertiary/aromatic N) is 2. The summed E-state index contributed by atoms with van der Waals surface area (Å²) < 4.78 is 0. The normalized spacial score (nSPS) is 22.2. The number of hydrogen-bond donors (Lipinski definition) is 1. The Hall–Kier alpha value is -1.75. The zero-order valence-corrected chi connectivity index (χ0v) is 10.3. The van der Waals surface area contributed by atoms with Crippen molar-refractivity contribution in [1.29, 1.82) is 0 Å². The minimum Gasteiger partial charge on any atom is -0.317 e. The van der Waals surface area contributed by atoms with Crippen LogP contribution in [-0.2, 0) is 0 Å². The molecule has 0 aromatic carbocycles. The van der Waals surface area contributed by atoms with E-state index in [-0.39, 0.29) is 17.4 Å². The van der Waals surface area contributed by atoms with Gasteiger partial charge < -0.3 is 5.32 Å². The largest absolute Gasteiger partial charge is 0.317 e. The van der Waals surface area contributed by atoms with Gasteiger partial charge in [-0.3, -0.25) is 19.5 Å². The number of carbonyl (C=O) groups is 2. The van der Waals surface area contributed by atoms with Crippen LogP contribution in [0.25, 0.3) is 0 Å². The SMILES string of the molecule is CC1(N2C(=O)c3cccnc3C2=O)CCNCC1. The Morgan fingerprint density at radius 3 is 2.67 bits per heavy atom. The molecule has 5 heteroatoms. The molecule has 2 amide bonds.